The third kappa shape index (κ3) is 4.58. The summed E-state index contributed by atoms with van der Waals surface area (Å²) in [6.07, 6.45) is 0. The van der Waals surface area contributed by atoms with Crippen LogP contribution in [0.2, 0.25) is 0 Å². The highest BCUT2D eigenvalue weighted by Gasteiger charge is 2.11. The van der Waals surface area contributed by atoms with Gasteiger partial charge in [-0.15, -0.1) is 0 Å². The molecule has 0 saturated heterocycles. The second-order valence-corrected chi connectivity index (χ2v) is 7.32. The molecule has 3 aromatic rings. The Morgan fingerprint density at radius 2 is 1.75 bits per heavy atom. The van der Waals surface area contributed by atoms with E-state index in [1.54, 1.807) is 26.1 Å². The van der Waals surface area contributed by atoms with Gasteiger partial charge in [0.15, 0.2) is 0 Å². The number of benzene rings is 3. The second kappa shape index (κ2) is 8.71. The Morgan fingerprint density at radius 1 is 1.00 bits per heavy atom. The Bertz CT molecular complexity index is 989. The fourth-order valence-corrected chi connectivity index (χ4v) is 3.53. The first-order valence-corrected chi connectivity index (χ1v) is 9.58. The minimum absolute atomic E-state index is 0.0201. The number of methoxy groups -OCH3 is 1. The lowest BCUT2D eigenvalue weighted by atomic mass is 10.0. The lowest BCUT2D eigenvalue weighted by Gasteiger charge is -2.13. The molecule has 3 rings (SSSR count). The summed E-state index contributed by atoms with van der Waals surface area (Å²) in [5.41, 5.74) is 10.1. The maximum atomic E-state index is 12.3. The molecule has 0 bridgehead atoms. The summed E-state index contributed by atoms with van der Waals surface area (Å²) in [5, 5.41) is 0. The Morgan fingerprint density at radius 3 is 2.46 bits per heavy atom. The summed E-state index contributed by atoms with van der Waals surface area (Å²) in [4.78, 5) is 14.8. The minimum Gasteiger partial charge on any atom is -0.496 e. The molecule has 5 nitrogen and oxygen atoms in total. The molecule has 0 aliphatic heterocycles. The van der Waals surface area contributed by atoms with E-state index in [1.165, 1.54) is 11.9 Å². The number of hydrogen-bond donors (Lipinski definition) is 2. The predicted molar refractivity (Wildman–Crippen MR) is 117 cm³/mol. The highest BCUT2D eigenvalue weighted by Crippen LogP contribution is 2.34. The van der Waals surface area contributed by atoms with Gasteiger partial charge in [0.2, 0.25) is 0 Å². The molecule has 0 aromatic heterocycles. The van der Waals surface area contributed by atoms with Gasteiger partial charge in [-0.1, -0.05) is 24.3 Å². The summed E-state index contributed by atoms with van der Waals surface area (Å²) in [6, 6.07) is 21.2. The van der Waals surface area contributed by atoms with Gasteiger partial charge in [0, 0.05) is 31.0 Å². The monoisotopic (exact) mass is 393 g/mol. The van der Waals surface area contributed by atoms with E-state index in [9.17, 15) is 4.79 Å². The number of nitrogen functional groups attached to an aromatic ring is 1. The molecule has 6 heteroatoms. The maximum Gasteiger partial charge on any atom is 0.253 e. The van der Waals surface area contributed by atoms with E-state index in [0.29, 0.717) is 11.3 Å². The molecule has 1 amide bonds. The quantitative estimate of drug-likeness (QED) is 0.467. The van der Waals surface area contributed by atoms with Crippen LogP contribution in [0.3, 0.4) is 0 Å². The zero-order valence-electron chi connectivity index (χ0n) is 16.1. The van der Waals surface area contributed by atoms with E-state index < -0.39 is 0 Å². The van der Waals surface area contributed by atoms with Crippen LogP contribution in [0, 0.1) is 0 Å². The SMILES string of the molecule is COc1ccc(-c2cccc(C(=O)N(C)C)c2)cc1SNc1cccc(N)c1. The molecule has 0 aliphatic rings. The Hall–Kier alpha value is -3.12. The van der Waals surface area contributed by atoms with E-state index in [2.05, 4.69) is 4.72 Å². The van der Waals surface area contributed by atoms with Gasteiger partial charge in [-0.3, -0.25) is 4.79 Å². The minimum atomic E-state index is -0.0201. The van der Waals surface area contributed by atoms with Crippen LogP contribution in [0.25, 0.3) is 11.1 Å². The largest absolute Gasteiger partial charge is 0.496 e. The highest BCUT2D eigenvalue weighted by molar-refractivity contribution is 8.00. The van der Waals surface area contributed by atoms with Crippen LogP contribution < -0.4 is 15.2 Å². The number of anilines is 2. The summed E-state index contributed by atoms with van der Waals surface area (Å²) in [6.45, 7) is 0. The van der Waals surface area contributed by atoms with Gasteiger partial charge in [0.1, 0.15) is 5.75 Å². The first-order chi connectivity index (χ1) is 13.5. The first-order valence-electron chi connectivity index (χ1n) is 8.76. The maximum absolute atomic E-state index is 12.3. The second-order valence-electron chi connectivity index (χ2n) is 6.48. The number of hydrogen-bond acceptors (Lipinski definition) is 5. The average molecular weight is 394 g/mol. The number of nitrogens with two attached hydrogens (primary N) is 1. The van der Waals surface area contributed by atoms with E-state index in [0.717, 1.165) is 27.5 Å². The number of nitrogens with zero attached hydrogens (tertiary/aromatic N) is 1. The van der Waals surface area contributed by atoms with Crippen LogP contribution in [0.5, 0.6) is 5.75 Å². The molecule has 3 aromatic carbocycles. The van der Waals surface area contributed by atoms with Crippen LogP contribution in [0.1, 0.15) is 10.4 Å². The summed E-state index contributed by atoms with van der Waals surface area (Å²) in [7, 11) is 5.15. The van der Waals surface area contributed by atoms with Crippen molar-refractivity contribution in [3.63, 3.8) is 0 Å². The lowest BCUT2D eigenvalue weighted by Crippen LogP contribution is -2.21. The van der Waals surface area contributed by atoms with E-state index in [4.69, 9.17) is 10.5 Å². The van der Waals surface area contributed by atoms with Crippen molar-refractivity contribution >= 4 is 29.2 Å². The van der Waals surface area contributed by atoms with Crippen LogP contribution in [-0.4, -0.2) is 32.0 Å². The molecule has 0 spiro atoms. The Kier molecular flexibility index (Phi) is 6.11. The molecule has 0 saturated carbocycles. The third-order valence-corrected chi connectivity index (χ3v) is 5.05. The van der Waals surface area contributed by atoms with E-state index in [-0.39, 0.29) is 5.91 Å². The van der Waals surface area contributed by atoms with Gasteiger partial charge in [0.05, 0.1) is 12.0 Å². The number of ether oxygens (including phenoxy) is 1. The zero-order chi connectivity index (χ0) is 20.1. The van der Waals surface area contributed by atoms with Crippen molar-refractivity contribution in [1.82, 2.24) is 4.90 Å². The number of nitrogens with one attached hydrogen (secondary N) is 1. The van der Waals surface area contributed by atoms with Gasteiger partial charge in [-0.05, 0) is 65.5 Å². The molecular weight excluding hydrogens is 370 g/mol. The van der Waals surface area contributed by atoms with Crippen molar-refractivity contribution in [3.05, 3.63) is 72.3 Å². The van der Waals surface area contributed by atoms with Crippen molar-refractivity contribution < 1.29 is 9.53 Å². The van der Waals surface area contributed by atoms with Gasteiger partial charge < -0.3 is 20.1 Å². The average Bonchev–Trinajstić information content (AvgIpc) is 2.71. The Balaban J connectivity index is 1.88. The molecule has 0 aliphatic carbocycles. The summed E-state index contributed by atoms with van der Waals surface area (Å²) < 4.78 is 8.79. The van der Waals surface area contributed by atoms with Gasteiger partial charge in [-0.25, -0.2) is 0 Å². The van der Waals surface area contributed by atoms with Gasteiger partial charge in [-0.2, -0.15) is 0 Å². The summed E-state index contributed by atoms with van der Waals surface area (Å²) in [5.74, 6) is 0.749. The normalized spacial score (nSPS) is 10.4. The van der Waals surface area contributed by atoms with Crippen LogP contribution in [0.15, 0.2) is 71.6 Å². The van der Waals surface area contributed by atoms with Gasteiger partial charge >= 0.3 is 0 Å². The predicted octanol–water partition coefficient (Wildman–Crippen LogP) is 4.77. The van der Waals surface area contributed by atoms with Crippen LogP contribution in [0.4, 0.5) is 11.4 Å². The lowest BCUT2D eigenvalue weighted by molar-refractivity contribution is 0.0827. The van der Waals surface area contributed by atoms with Crippen LogP contribution >= 0.6 is 11.9 Å². The first kappa shape index (κ1) is 19.6. The molecule has 0 fully saturated rings. The standard InChI is InChI=1S/C22H23N3O2S/c1-25(2)22(26)17-7-4-6-15(12-17)16-10-11-20(27-3)21(13-16)28-24-19-9-5-8-18(23)14-19/h4-14,24H,23H2,1-3H3. The number of carbonyl (C=O) groups is 1. The topological polar surface area (TPSA) is 67.6 Å². The molecule has 0 atom stereocenters. The fraction of sp³-hybridized carbons (Fsp3) is 0.136. The third-order valence-electron chi connectivity index (χ3n) is 4.18. The van der Waals surface area contributed by atoms with E-state index in [1.807, 2.05) is 66.7 Å². The van der Waals surface area contributed by atoms with Crippen molar-refractivity contribution in [2.24, 2.45) is 0 Å². The number of carbonyl (C=O) groups excluding carboxylic acids is 1. The van der Waals surface area contributed by atoms with Crippen LogP contribution in [-0.2, 0) is 0 Å². The molecule has 0 heterocycles. The zero-order valence-corrected chi connectivity index (χ0v) is 16.9. The molecule has 0 unspecified atom stereocenters. The smallest absolute Gasteiger partial charge is 0.253 e. The van der Waals surface area contributed by atoms with Crippen molar-refractivity contribution in [2.45, 2.75) is 4.90 Å². The molecule has 144 valence electrons. The molecule has 3 N–H and O–H groups in total. The fourth-order valence-electron chi connectivity index (χ4n) is 2.74. The highest BCUT2D eigenvalue weighted by atomic mass is 32.2. The number of amides is 1. The van der Waals surface area contributed by atoms with Crippen molar-refractivity contribution in [1.29, 1.82) is 0 Å². The van der Waals surface area contributed by atoms with E-state index >= 15 is 0 Å². The van der Waals surface area contributed by atoms with Gasteiger partial charge in [0.25, 0.3) is 5.91 Å². The summed E-state index contributed by atoms with van der Waals surface area (Å²) >= 11 is 1.45. The van der Waals surface area contributed by atoms with Crippen molar-refractivity contribution in [3.8, 4) is 16.9 Å². The van der Waals surface area contributed by atoms with Crippen molar-refractivity contribution in [2.75, 3.05) is 31.7 Å². The molecule has 0 radical (unpaired) electrons. The number of rotatable bonds is 6. The molecule has 28 heavy (non-hydrogen) atoms. The molecular formula is C22H23N3O2S. The Labute approximate surface area is 169 Å².